The second kappa shape index (κ2) is 6.22. The summed E-state index contributed by atoms with van der Waals surface area (Å²) in [6, 6.07) is 9.91. The van der Waals surface area contributed by atoms with Gasteiger partial charge in [0, 0.05) is 20.6 Å². The van der Waals surface area contributed by atoms with Gasteiger partial charge in [-0.1, -0.05) is 23.8 Å². The van der Waals surface area contributed by atoms with E-state index in [9.17, 15) is 0 Å². The maximum absolute atomic E-state index is 5.95. The van der Waals surface area contributed by atoms with Crippen LogP contribution in [0, 0.1) is 0 Å². The number of rotatable bonds is 4. The van der Waals surface area contributed by atoms with Crippen molar-refractivity contribution in [3.8, 4) is 0 Å². The van der Waals surface area contributed by atoms with Crippen molar-refractivity contribution in [3.05, 3.63) is 49.6 Å². The minimum atomic E-state index is 0.185. The van der Waals surface area contributed by atoms with Gasteiger partial charge in [-0.15, -0.1) is 11.3 Å². The Balaban J connectivity index is 2.17. The molecule has 100 valence electrons. The fourth-order valence-corrected chi connectivity index (χ4v) is 3.33. The monoisotopic (exact) mass is 374 g/mol. The average Bonchev–Trinajstić information content (AvgIpc) is 2.78. The second-order valence-corrected chi connectivity index (χ2v) is 7.11. The van der Waals surface area contributed by atoms with Gasteiger partial charge in [0.25, 0.3) is 0 Å². The number of anilines is 1. The molecule has 3 N–H and O–H groups in total. The van der Waals surface area contributed by atoms with Gasteiger partial charge in [-0.2, -0.15) is 0 Å². The average molecular weight is 376 g/mol. The van der Waals surface area contributed by atoms with E-state index in [-0.39, 0.29) is 6.04 Å². The van der Waals surface area contributed by atoms with Crippen molar-refractivity contribution >= 4 is 61.8 Å². The van der Waals surface area contributed by atoms with Crippen molar-refractivity contribution in [1.29, 1.82) is 0 Å². The molecule has 1 atom stereocenters. The van der Waals surface area contributed by atoms with Crippen molar-refractivity contribution in [1.82, 2.24) is 0 Å². The van der Waals surface area contributed by atoms with Crippen LogP contribution in [0.1, 0.15) is 23.4 Å². The smallest absolute Gasteiger partial charge is 0.104 e. The molecule has 1 heterocycles. The van der Waals surface area contributed by atoms with E-state index in [2.05, 4.69) is 28.2 Å². The lowest BCUT2D eigenvalue weighted by Gasteiger charge is -2.15. The zero-order chi connectivity index (χ0) is 14.0. The molecule has 6 heteroatoms. The molecule has 0 bridgehead atoms. The molecule has 0 spiro atoms. The molecular weight excluding hydrogens is 364 g/mol. The van der Waals surface area contributed by atoms with Gasteiger partial charge in [-0.25, -0.2) is 0 Å². The van der Waals surface area contributed by atoms with Gasteiger partial charge in [0.15, 0.2) is 0 Å². The Kier molecular flexibility index (Phi) is 4.84. The van der Waals surface area contributed by atoms with E-state index in [0.29, 0.717) is 4.99 Å². The van der Waals surface area contributed by atoms with Gasteiger partial charge in [-0.3, -0.25) is 0 Å². The molecule has 0 saturated heterocycles. The Hall–Kier alpha value is -0.620. The lowest BCUT2D eigenvalue weighted by Crippen LogP contribution is -2.10. The number of thiophene rings is 1. The molecule has 19 heavy (non-hydrogen) atoms. The van der Waals surface area contributed by atoms with Crippen LogP contribution in [-0.2, 0) is 0 Å². The molecular formula is C13H12BrClN2S2. The van der Waals surface area contributed by atoms with Crippen molar-refractivity contribution in [2.45, 2.75) is 13.0 Å². The summed E-state index contributed by atoms with van der Waals surface area (Å²) < 4.78 is 1.74. The first kappa shape index (κ1) is 14.8. The number of hydrogen-bond acceptors (Lipinski definition) is 3. The van der Waals surface area contributed by atoms with E-state index < -0.39 is 0 Å². The van der Waals surface area contributed by atoms with Gasteiger partial charge >= 0.3 is 0 Å². The van der Waals surface area contributed by atoms with Gasteiger partial charge in [0.05, 0.1) is 10.4 Å². The van der Waals surface area contributed by atoms with Crippen LogP contribution in [0.2, 0.25) is 4.34 Å². The van der Waals surface area contributed by atoms with Crippen LogP contribution in [0.5, 0.6) is 0 Å². The number of hydrogen-bond donors (Lipinski definition) is 2. The highest BCUT2D eigenvalue weighted by molar-refractivity contribution is 9.10. The Morgan fingerprint density at radius 2 is 2.16 bits per heavy atom. The maximum Gasteiger partial charge on any atom is 0.104 e. The zero-order valence-electron chi connectivity index (χ0n) is 10.1. The summed E-state index contributed by atoms with van der Waals surface area (Å²) in [5, 5.41) is 3.43. The third-order valence-electron chi connectivity index (χ3n) is 2.65. The lowest BCUT2D eigenvalue weighted by atomic mass is 10.2. The lowest BCUT2D eigenvalue weighted by molar-refractivity contribution is 0.907. The van der Waals surface area contributed by atoms with Gasteiger partial charge < -0.3 is 11.1 Å². The quantitative estimate of drug-likeness (QED) is 0.741. The fourth-order valence-electron chi connectivity index (χ4n) is 1.65. The summed E-state index contributed by atoms with van der Waals surface area (Å²) in [6.07, 6.45) is 0. The van der Waals surface area contributed by atoms with E-state index in [1.165, 1.54) is 4.88 Å². The van der Waals surface area contributed by atoms with Crippen molar-refractivity contribution in [2.24, 2.45) is 5.73 Å². The number of nitrogens with one attached hydrogen (secondary N) is 1. The molecule has 1 aromatic heterocycles. The molecule has 1 unspecified atom stereocenters. The zero-order valence-corrected chi connectivity index (χ0v) is 14.1. The van der Waals surface area contributed by atoms with E-state index in [1.807, 2.05) is 30.3 Å². The van der Waals surface area contributed by atoms with Crippen LogP contribution >= 0.6 is 51.1 Å². The Labute approximate surface area is 135 Å². The van der Waals surface area contributed by atoms with E-state index in [4.69, 9.17) is 29.6 Å². The molecule has 0 saturated carbocycles. The molecule has 1 aromatic carbocycles. The first-order valence-corrected chi connectivity index (χ1v) is 7.98. The van der Waals surface area contributed by atoms with Crippen LogP contribution < -0.4 is 11.1 Å². The topological polar surface area (TPSA) is 38.0 Å². The molecule has 2 nitrogen and oxygen atoms in total. The molecule has 0 aliphatic heterocycles. The van der Waals surface area contributed by atoms with Gasteiger partial charge in [0.1, 0.15) is 4.99 Å². The molecule has 0 fully saturated rings. The van der Waals surface area contributed by atoms with E-state index in [1.54, 1.807) is 11.3 Å². The highest BCUT2D eigenvalue weighted by atomic mass is 79.9. The first-order chi connectivity index (χ1) is 8.97. The number of benzene rings is 1. The summed E-state index contributed by atoms with van der Waals surface area (Å²) >= 11 is 16.0. The number of halogens is 2. The third-order valence-corrected chi connectivity index (χ3v) is 4.95. The highest BCUT2D eigenvalue weighted by Crippen LogP contribution is 2.31. The van der Waals surface area contributed by atoms with Crippen LogP contribution in [0.4, 0.5) is 5.69 Å². The van der Waals surface area contributed by atoms with Crippen molar-refractivity contribution < 1.29 is 0 Å². The normalized spacial score (nSPS) is 12.2. The van der Waals surface area contributed by atoms with Crippen molar-refractivity contribution in [3.63, 3.8) is 0 Å². The standard InChI is InChI=1S/C13H12BrClN2S2/c1-7(11-4-5-12(15)19-11)17-10-3-2-8(13(16)18)6-9(10)14/h2-7,17H,1H3,(H2,16,18). The predicted molar refractivity (Wildman–Crippen MR) is 91.4 cm³/mol. The van der Waals surface area contributed by atoms with Gasteiger partial charge in [0.2, 0.25) is 0 Å². The molecule has 2 aromatic rings. The minimum Gasteiger partial charge on any atom is -0.389 e. The molecule has 0 amide bonds. The van der Waals surface area contributed by atoms with Gasteiger partial charge in [-0.05, 0) is 53.2 Å². The molecule has 0 aliphatic carbocycles. The Morgan fingerprint density at radius 1 is 1.42 bits per heavy atom. The van der Waals surface area contributed by atoms with E-state index >= 15 is 0 Å². The van der Waals surface area contributed by atoms with Crippen LogP contribution in [0.3, 0.4) is 0 Å². The molecule has 0 radical (unpaired) electrons. The highest BCUT2D eigenvalue weighted by Gasteiger charge is 2.10. The summed E-state index contributed by atoms with van der Waals surface area (Å²) in [5.74, 6) is 0. The third kappa shape index (κ3) is 3.69. The van der Waals surface area contributed by atoms with E-state index in [0.717, 1.165) is 20.1 Å². The minimum absolute atomic E-state index is 0.185. The summed E-state index contributed by atoms with van der Waals surface area (Å²) in [4.78, 5) is 1.58. The Morgan fingerprint density at radius 3 is 2.68 bits per heavy atom. The maximum atomic E-state index is 5.95. The Bertz CT molecular complexity index is 612. The predicted octanol–water partition coefficient (Wildman–Crippen LogP) is 4.97. The SMILES string of the molecule is CC(Nc1ccc(C(N)=S)cc1Br)c1ccc(Cl)s1. The molecule has 2 rings (SSSR count). The number of nitrogens with two attached hydrogens (primary N) is 1. The molecule has 0 aliphatic rings. The summed E-state index contributed by atoms with van der Waals surface area (Å²) in [7, 11) is 0. The summed E-state index contributed by atoms with van der Waals surface area (Å²) in [6.45, 7) is 2.09. The number of thiocarbonyl (C=S) groups is 1. The van der Waals surface area contributed by atoms with Crippen molar-refractivity contribution in [2.75, 3.05) is 5.32 Å². The summed E-state index contributed by atoms with van der Waals surface area (Å²) in [5.41, 5.74) is 7.45. The second-order valence-electron chi connectivity index (χ2n) is 4.07. The van der Waals surface area contributed by atoms with Crippen LogP contribution in [0.25, 0.3) is 0 Å². The van der Waals surface area contributed by atoms with Crippen LogP contribution in [-0.4, -0.2) is 4.99 Å². The van der Waals surface area contributed by atoms with Crippen LogP contribution in [0.15, 0.2) is 34.8 Å². The first-order valence-electron chi connectivity index (χ1n) is 5.58. The largest absolute Gasteiger partial charge is 0.389 e. The fraction of sp³-hybridized carbons (Fsp3) is 0.154.